The van der Waals surface area contributed by atoms with Crippen molar-refractivity contribution in [2.24, 2.45) is 10.9 Å². The van der Waals surface area contributed by atoms with Crippen molar-refractivity contribution in [2.75, 3.05) is 6.54 Å². The van der Waals surface area contributed by atoms with Crippen LogP contribution in [0.15, 0.2) is 65.7 Å². The molecule has 3 aromatic rings. The van der Waals surface area contributed by atoms with E-state index < -0.39 is 5.92 Å². The Morgan fingerprint density at radius 1 is 0.969 bits per heavy atom. The first kappa shape index (κ1) is 20.2. The summed E-state index contributed by atoms with van der Waals surface area (Å²) in [5.74, 6) is 0.367. The van der Waals surface area contributed by atoms with Gasteiger partial charge < -0.3 is 10.1 Å². The molecule has 1 unspecified atom stereocenters. The van der Waals surface area contributed by atoms with Crippen LogP contribution in [0.25, 0.3) is 6.08 Å². The number of benzene rings is 3. The number of carbonyl (C=O) groups is 2. The summed E-state index contributed by atoms with van der Waals surface area (Å²) in [5, 5.41) is 4.79. The zero-order valence-corrected chi connectivity index (χ0v) is 18.1. The number of ether oxygens (including phenoxy) is 1. The molecule has 0 fully saturated rings. The highest BCUT2D eigenvalue weighted by Crippen LogP contribution is 2.43. The van der Waals surface area contributed by atoms with Gasteiger partial charge in [0.05, 0.1) is 17.2 Å². The van der Waals surface area contributed by atoms with E-state index >= 15 is 0 Å². The fourth-order valence-electron chi connectivity index (χ4n) is 4.44. The van der Waals surface area contributed by atoms with E-state index in [-0.39, 0.29) is 17.7 Å². The summed E-state index contributed by atoms with van der Waals surface area (Å²) in [4.78, 5) is 30.2. The van der Waals surface area contributed by atoms with Crippen molar-refractivity contribution in [1.82, 2.24) is 5.32 Å². The standard InChI is InChI=1S/C27H24N2O3/c1-16-11-12-18-15-19(26(30)29-25(18)17(16)2)13-14-28-27(31)24-20-7-3-5-9-22(20)32-23-10-6-4-8-21(23)24/h3-12,15,19,24H,13-14H2,1-2H3,(H,28,31). The minimum absolute atomic E-state index is 0.0970. The van der Waals surface area contributed by atoms with Crippen molar-refractivity contribution in [1.29, 1.82) is 0 Å². The lowest BCUT2D eigenvalue weighted by molar-refractivity contribution is -0.123. The van der Waals surface area contributed by atoms with Gasteiger partial charge in [-0.3, -0.25) is 9.59 Å². The maximum atomic E-state index is 13.2. The molecule has 2 aliphatic heterocycles. The van der Waals surface area contributed by atoms with Crippen molar-refractivity contribution in [3.63, 3.8) is 0 Å². The van der Waals surface area contributed by atoms with Gasteiger partial charge in [-0.15, -0.1) is 0 Å². The number of carbonyl (C=O) groups excluding carboxylic acids is 2. The third-order valence-electron chi connectivity index (χ3n) is 6.35. The minimum atomic E-state index is -0.446. The maximum Gasteiger partial charge on any atom is 0.253 e. The maximum absolute atomic E-state index is 13.2. The Bertz CT molecular complexity index is 1310. The van der Waals surface area contributed by atoms with Crippen LogP contribution in [0.4, 0.5) is 0 Å². The molecule has 0 radical (unpaired) electrons. The lowest BCUT2D eigenvalue weighted by Crippen LogP contribution is -2.38. The molecule has 0 spiro atoms. The van der Waals surface area contributed by atoms with Crippen LogP contribution < -0.4 is 20.6 Å². The van der Waals surface area contributed by atoms with E-state index in [1.807, 2.05) is 74.5 Å². The van der Waals surface area contributed by atoms with Crippen molar-refractivity contribution in [2.45, 2.75) is 26.2 Å². The number of hydrogen-bond acceptors (Lipinski definition) is 3. The van der Waals surface area contributed by atoms with E-state index in [1.165, 1.54) is 0 Å². The Hall–Kier alpha value is -3.73. The highest BCUT2D eigenvalue weighted by Gasteiger charge is 2.32. The lowest BCUT2D eigenvalue weighted by Gasteiger charge is -2.27. The second kappa shape index (κ2) is 8.08. The van der Waals surface area contributed by atoms with Crippen molar-refractivity contribution in [3.05, 3.63) is 93.5 Å². The zero-order valence-electron chi connectivity index (χ0n) is 18.1. The second-order valence-corrected chi connectivity index (χ2v) is 8.36. The Labute approximate surface area is 186 Å². The molecule has 1 atom stereocenters. The molecule has 2 heterocycles. The number of hydrogen-bond donors (Lipinski definition) is 1. The summed E-state index contributed by atoms with van der Waals surface area (Å²) in [6.45, 7) is 4.40. The summed E-state index contributed by atoms with van der Waals surface area (Å²) in [5.41, 5.74) is 3.85. The van der Waals surface area contributed by atoms with E-state index in [4.69, 9.17) is 4.74 Å². The van der Waals surface area contributed by atoms with Crippen molar-refractivity contribution >= 4 is 17.9 Å². The van der Waals surface area contributed by atoms with Crippen LogP contribution in [0.2, 0.25) is 0 Å². The van der Waals surface area contributed by atoms with Gasteiger partial charge in [0.25, 0.3) is 5.91 Å². The highest BCUT2D eigenvalue weighted by atomic mass is 16.5. The molecule has 5 nitrogen and oxygen atoms in total. The normalized spacial score (nSPS) is 16.6. The summed E-state index contributed by atoms with van der Waals surface area (Å²) in [6, 6.07) is 19.3. The first-order valence-electron chi connectivity index (χ1n) is 10.9. The third kappa shape index (κ3) is 3.50. The van der Waals surface area contributed by atoms with Crippen LogP contribution in [0.5, 0.6) is 11.5 Å². The summed E-state index contributed by atoms with van der Waals surface area (Å²) >= 11 is 0. The number of aryl methyl sites for hydroxylation is 1. The van der Waals surface area contributed by atoms with Crippen LogP contribution in [-0.2, 0) is 9.59 Å². The average molecular weight is 425 g/mol. The Kier molecular flexibility index (Phi) is 5.10. The van der Waals surface area contributed by atoms with Crippen LogP contribution >= 0.6 is 0 Å². The molecule has 0 aliphatic carbocycles. The van der Waals surface area contributed by atoms with Gasteiger partial charge >= 0.3 is 0 Å². The minimum Gasteiger partial charge on any atom is -0.457 e. The number of nitrogens with one attached hydrogen (secondary N) is 1. The molecule has 2 amide bonds. The molecule has 0 saturated heterocycles. The topological polar surface area (TPSA) is 67.8 Å². The van der Waals surface area contributed by atoms with Gasteiger partial charge in [-0.1, -0.05) is 54.6 Å². The lowest BCUT2D eigenvalue weighted by atomic mass is 9.87. The summed E-state index contributed by atoms with van der Waals surface area (Å²) in [6.07, 6.45) is 2.48. The fourth-order valence-corrected chi connectivity index (χ4v) is 4.44. The molecule has 5 heteroatoms. The second-order valence-electron chi connectivity index (χ2n) is 8.36. The van der Waals surface area contributed by atoms with E-state index in [0.29, 0.717) is 24.5 Å². The predicted molar refractivity (Wildman–Crippen MR) is 122 cm³/mol. The van der Waals surface area contributed by atoms with Crippen molar-refractivity contribution in [3.8, 4) is 11.5 Å². The zero-order chi connectivity index (χ0) is 22.2. The average Bonchev–Trinajstić information content (AvgIpc) is 2.80. The molecule has 0 saturated carbocycles. The molecular formula is C27H24N2O3. The summed E-state index contributed by atoms with van der Waals surface area (Å²) < 4.78 is 5.98. The van der Waals surface area contributed by atoms with Gasteiger partial charge in [0.1, 0.15) is 11.5 Å². The molecule has 32 heavy (non-hydrogen) atoms. The molecule has 0 aromatic heterocycles. The number of amides is 2. The quantitative estimate of drug-likeness (QED) is 0.699. The van der Waals surface area contributed by atoms with Crippen LogP contribution in [-0.4, -0.2) is 18.4 Å². The summed E-state index contributed by atoms with van der Waals surface area (Å²) in [7, 11) is 0. The van der Waals surface area contributed by atoms with E-state index in [9.17, 15) is 9.59 Å². The number of nitrogens with zero attached hydrogens (tertiary/aromatic N) is 1. The fraction of sp³-hybridized carbons (Fsp3) is 0.222. The largest absolute Gasteiger partial charge is 0.457 e. The Morgan fingerprint density at radius 3 is 2.31 bits per heavy atom. The molecular weight excluding hydrogens is 400 g/mol. The van der Waals surface area contributed by atoms with Crippen LogP contribution in [0.1, 0.15) is 34.6 Å². The number of rotatable bonds is 4. The third-order valence-corrected chi connectivity index (χ3v) is 6.35. The Balaban J connectivity index is 1.34. The monoisotopic (exact) mass is 424 g/mol. The smallest absolute Gasteiger partial charge is 0.253 e. The van der Waals surface area contributed by atoms with Crippen molar-refractivity contribution < 1.29 is 14.3 Å². The molecule has 2 aliphatic rings. The van der Waals surface area contributed by atoms with E-state index in [2.05, 4.69) is 16.4 Å². The Morgan fingerprint density at radius 2 is 1.62 bits per heavy atom. The molecule has 0 bridgehead atoms. The van der Waals surface area contributed by atoms with Crippen LogP contribution in [0, 0.1) is 19.8 Å². The molecule has 5 rings (SSSR count). The molecule has 1 N–H and O–H groups in total. The molecule has 160 valence electrons. The SMILES string of the molecule is Cc1ccc2c(c1C)=NC(=O)C(CCNC(=O)C1c3ccccc3Oc3ccccc31)C=2. The first-order valence-corrected chi connectivity index (χ1v) is 10.9. The van der Waals surface area contributed by atoms with Gasteiger partial charge in [0.2, 0.25) is 5.91 Å². The van der Waals surface area contributed by atoms with Crippen LogP contribution in [0.3, 0.4) is 0 Å². The first-order chi connectivity index (χ1) is 15.5. The van der Waals surface area contributed by atoms with E-state index in [1.54, 1.807) is 0 Å². The van der Waals surface area contributed by atoms with Gasteiger partial charge in [0.15, 0.2) is 0 Å². The van der Waals surface area contributed by atoms with Gasteiger partial charge in [-0.2, -0.15) is 0 Å². The van der Waals surface area contributed by atoms with Gasteiger partial charge in [-0.05, 0) is 48.7 Å². The number of fused-ring (bicyclic) bond motifs is 3. The van der Waals surface area contributed by atoms with E-state index in [0.717, 1.165) is 32.8 Å². The van der Waals surface area contributed by atoms with Gasteiger partial charge in [0, 0.05) is 17.7 Å². The molecule has 3 aromatic carbocycles. The number of para-hydroxylation sites is 2. The van der Waals surface area contributed by atoms with Gasteiger partial charge in [-0.25, -0.2) is 4.99 Å². The predicted octanol–water partition coefficient (Wildman–Crippen LogP) is 3.30. The highest BCUT2D eigenvalue weighted by molar-refractivity contribution is 5.90.